The molecule has 3 rings (SSSR count). The maximum Gasteiger partial charge on any atom is 0.284 e. The Morgan fingerprint density at radius 2 is 1.83 bits per heavy atom. The highest BCUT2D eigenvalue weighted by atomic mass is 32.2. The van der Waals surface area contributed by atoms with Crippen LogP contribution in [0.5, 0.6) is 0 Å². The van der Waals surface area contributed by atoms with Gasteiger partial charge in [0.05, 0.1) is 11.1 Å². The van der Waals surface area contributed by atoms with Crippen LogP contribution in [0, 0.1) is 6.92 Å². The van der Waals surface area contributed by atoms with Crippen molar-refractivity contribution in [2.45, 2.75) is 18.2 Å². The molecule has 0 unspecified atom stereocenters. The second-order valence-corrected chi connectivity index (χ2v) is 7.24. The normalized spacial score (nSPS) is 11.4. The first-order valence-electron chi connectivity index (χ1n) is 7.46. The summed E-state index contributed by atoms with van der Waals surface area (Å²) in [6.45, 7) is 5.65. The van der Waals surface area contributed by atoms with Gasteiger partial charge in [0, 0.05) is 5.56 Å². The van der Waals surface area contributed by atoms with Crippen molar-refractivity contribution in [3.63, 3.8) is 0 Å². The fraction of sp³-hybridized carbons (Fsp3) is 0.111. The molecule has 122 valence electrons. The molecule has 2 aromatic carbocycles. The molecule has 0 aliphatic rings. The number of nitrogens with zero attached hydrogens (tertiary/aromatic N) is 3. The average Bonchev–Trinajstić information content (AvgIpc) is 3.07. The summed E-state index contributed by atoms with van der Waals surface area (Å²) in [4.78, 5) is 0.184. The third-order valence-electron chi connectivity index (χ3n) is 3.70. The van der Waals surface area contributed by atoms with Crippen LogP contribution in [0.1, 0.15) is 11.1 Å². The predicted octanol–water partition coefficient (Wildman–Crippen LogP) is 3.22. The topological polar surface area (TPSA) is 64.8 Å². The largest absolute Gasteiger partial charge is 0.284 e. The number of aromatic nitrogens is 3. The van der Waals surface area contributed by atoms with E-state index >= 15 is 0 Å². The van der Waals surface area contributed by atoms with Gasteiger partial charge in [0.25, 0.3) is 10.0 Å². The van der Waals surface area contributed by atoms with E-state index in [1.54, 1.807) is 30.3 Å². The van der Waals surface area contributed by atoms with E-state index in [9.17, 15) is 8.42 Å². The minimum atomic E-state index is -3.75. The second-order valence-electron chi connectivity index (χ2n) is 5.44. The molecule has 0 fully saturated rings. The molecule has 3 aromatic rings. The van der Waals surface area contributed by atoms with Crippen LogP contribution in [0.2, 0.25) is 0 Å². The number of benzene rings is 2. The Hall–Kier alpha value is -2.73. The van der Waals surface area contributed by atoms with Crippen LogP contribution in [0.3, 0.4) is 0 Å². The van der Waals surface area contributed by atoms with Gasteiger partial charge in [-0.3, -0.25) is 0 Å². The van der Waals surface area contributed by atoms with E-state index in [1.165, 1.54) is 6.20 Å². The van der Waals surface area contributed by atoms with Gasteiger partial charge in [0.2, 0.25) is 0 Å². The number of rotatable bonds is 5. The van der Waals surface area contributed by atoms with E-state index in [2.05, 4.69) is 16.9 Å². The van der Waals surface area contributed by atoms with Crippen molar-refractivity contribution in [1.82, 2.24) is 14.4 Å². The molecule has 0 saturated heterocycles. The van der Waals surface area contributed by atoms with Crippen LogP contribution in [0.25, 0.3) is 11.3 Å². The first kappa shape index (κ1) is 16.1. The maximum atomic E-state index is 12.6. The van der Waals surface area contributed by atoms with E-state index < -0.39 is 10.0 Å². The Labute approximate surface area is 141 Å². The molecule has 6 heteroatoms. The lowest BCUT2D eigenvalue weighted by atomic mass is 10.0. The summed E-state index contributed by atoms with van der Waals surface area (Å²) in [6, 6.07) is 14.3. The lowest BCUT2D eigenvalue weighted by Crippen LogP contribution is -2.13. The van der Waals surface area contributed by atoms with Gasteiger partial charge in [0.1, 0.15) is 5.69 Å². The fourth-order valence-corrected chi connectivity index (χ4v) is 3.48. The van der Waals surface area contributed by atoms with Crippen molar-refractivity contribution in [2.24, 2.45) is 0 Å². The van der Waals surface area contributed by atoms with Crippen LogP contribution < -0.4 is 0 Å². The Balaban J connectivity index is 2.02. The Morgan fingerprint density at radius 1 is 1.12 bits per heavy atom. The monoisotopic (exact) mass is 339 g/mol. The van der Waals surface area contributed by atoms with Crippen molar-refractivity contribution < 1.29 is 8.42 Å². The summed E-state index contributed by atoms with van der Waals surface area (Å²) in [5.41, 5.74) is 3.38. The molecule has 0 saturated carbocycles. The maximum absolute atomic E-state index is 12.6. The Morgan fingerprint density at radius 3 is 2.54 bits per heavy atom. The molecular formula is C18H17N3O2S. The third kappa shape index (κ3) is 3.00. The van der Waals surface area contributed by atoms with E-state index in [0.717, 1.165) is 20.8 Å². The first-order valence-corrected chi connectivity index (χ1v) is 8.90. The van der Waals surface area contributed by atoms with Gasteiger partial charge in [-0.2, -0.15) is 8.42 Å². The summed E-state index contributed by atoms with van der Waals surface area (Å²) in [7, 11) is -3.75. The highest BCUT2D eigenvalue weighted by Crippen LogP contribution is 2.23. The van der Waals surface area contributed by atoms with Gasteiger partial charge < -0.3 is 0 Å². The van der Waals surface area contributed by atoms with Crippen molar-refractivity contribution in [3.05, 3.63) is 78.5 Å². The van der Waals surface area contributed by atoms with Gasteiger partial charge in [-0.15, -0.1) is 15.8 Å². The average molecular weight is 339 g/mol. The van der Waals surface area contributed by atoms with Gasteiger partial charge in [-0.05, 0) is 31.0 Å². The molecule has 0 bridgehead atoms. The number of aryl methyl sites for hydroxylation is 1. The lowest BCUT2D eigenvalue weighted by molar-refractivity contribution is 0.577. The second kappa shape index (κ2) is 6.41. The quantitative estimate of drug-likeness (QED) is 0.670. The summed E-state index contributed by atoms with van der Waals surface area (Å²) in [5.74, 6) is 0. The lowest BCUT2D eigenvalue weighted by Gasteiger charge is -2.04. The molecule has 1 aromatic heterocycles. The van der Waals surface area contributed by atoms with Gasteiger partial charge in [-0.1, -0.05) is 53.3 Å². The Kier molecular flexibility index (Phi) is 4.31. The highest BCUT2D eigenvalue weighted by molar-refractivity contribution is 7.89. The zero-order chi connectivity index (χ0) is 17.2. The van der Waals surface area contributed by atoms with Gasteiger partial charge in [-0.25, -0.2) is 0 Å². The molecule has 0 aliphatic heterocycles. The zero-order valence-electron chi connectivity index (χ0n) is 13.3. The highest BCUT2D eigenvalue weighted by Gasteiger charge is 2.19. The molecule has 0 aliphatic carbocycles. The minimum absolute atomic E-state index is 0.184. The molecule has 1 heterocycles. The summed E-state index contributed by atoms with van der Waals surface area (Å²) in [6.07, 6.45) is 3.91. The van der Waals surface area contributed by atoms with Gasteiger partial charge >= 0.3 is 0 Å². The Bertz CT molecular complexity index is 974. The SMILES string of the molecule is C=CCc1ccccc1-c1cn(S(=O)(=O)c2ccc(C)cc2)nn1. The van der Waals surface area contributed by atoms with E-state index in [0.29, 0.717) is 12.1 Å². The minimum Gasteiger partial charge on any atom is -0.199 e. The third-order valence-corrected chi connectivity index (χ3v) is 5.23. The summed E-state index contributed by atoms with van der Waals surface area (Å²) < 4.78 is 26.2. The number of hydrogen-bond donors (Lipinski definition) is 0. The summed E-state index contributed by atoms with van der Waals surface area (Å²) >= 11 is 0. The smallest absolute Gasteiger partial charge is 0.199 e. The zero-order valence-corrected chi connectivity index (χ0v) is 14.1. The van der Waals surface area contributed by atoms with Crippen LogP contribution in [0.4, 0.5) is 0 Å². The van der Waals surface area contributed by atoms with Gasteiger partial charge in [0.15, 0.2) is 0 Å². The fourth-order valence-electron chi connectivity index (χ4n) is 2.41. The molecular weight excluding hydrogens is 322 g/mol. The van der Waals surface area contributed by atoms with Crippen LogP contribution >= 0.6 is 0 Å². The van der Waals surface area contributed by atoms with Crippen molar-refractivity contribution in [3.8, 4) is 11.3 Å². The van der Waals surface area contributed by atoms with E-state index in [4.69, 9.17) is 0 Å². The molecule has 24 heavy (non-hydrogen) atoms. The van der Waals surface area contributed by atoms with Crippen LogP contribution in [-0.2, 0) is 16.4 Å². The number of allylic oxidation sites excluding steroid dienone is 1. The molecule has 0 spiro atoms. The van der Waals surface area contributed by atoms with E-state index in [-0.39, 0.29) is 4.90 Å². The predicted molar refractivity (Wildman–Crippen MR) is 93.1 cm³/mol. The van der Waals surface area contributed by atoms with Crippen molar-refractivity contribution in [1.29, 1.82) is 0 Å². The van der Waals surface area contributed by atoms with Crippen molar-refractivity contribution in [2.75, 3.05) is 0 Å². The molecule has 0 amide bonds. The van der Waals surface area contributed by atoms with E-state index in [1.807, 2.05) is 31.2 Å². The van der Waals surface area contributed by atoms with Crippen LogP contribution in [-0.4, -0.2) is 22.8 Å². The van der Waals surface area contributed by atoms with Crippen LogP contribution in [0.15, 0.2) is 72.3 Å². The number of hydrogen-bond acceptors (Lipinski definition) is 4. The summed E-state index contributed by atoms with van der Waals surface area (Å²) in [5, 5.41) is 7.86. The molecule has 0 radical (unpaired) electrons. The standard InChI is InChI=1S/C18H17N3O2S/c1-3-6-15-7-4-5-8-17(15)18-13-21(20-19-18)24(22,23)16-11-9-14(2)10-12-16/h3-5,7-13H,1,6H2,2H3. The molecule has 5 nitrogen and oxygen atoms in total. The van der Waals surface area contributed by atoms with Crippen molar-refractivity contribution >= 4 is 10.0 Å². The molecule has 0 N–H and O–H groups in total. The first-order chi connectivity index (χ1) is 11.5. The molecule has 0 atom stereocenters.